The van der Waals surface area contributed by atoms with Gasteiger partial charge >= 0.3 is 5.97 Å². The molecule has 30 heavy (non-hydrogen) atoms. The number of thioether (sulfide) groups is 1. The number of methoxy groups -OCH3 is 1. The summed E-state index contributed by atoms with van der Waals surface area (Å²) < 4.78 is 10.5. The van der Waals surface area contributed by atoms with E-state index in [1.54, 1.807) is 62.6 Å². The Hall–Kier alpha value is -3.00. The molecule has 1 fully saturated rings. The first-order valence-corrected chi connectivity index (χ1v) is 10.6. The van der Waals surface area contributed by atoms with Crippen LogP contribution in [-0.2, 0) is 14.3 Å². The molecule has 2 aromatic rings. The zero-order valence-corrected chi connectivity index (χ0v) is 17.7. The largest absolute Gasteiger partial charge is 0.497 e. The monoisotopic (exact) mass is 428 g/mol. The fourth-order valence-electron chi connectivity index (χ4n) is 2.63. The molecule has 0 aliphatic heterocycles. The van der Waals surface area contributed by atoms with Gasteiger partial charge in [0.1, 0.15) is 5.75 Å². The van der Waals surface area contributed by atoms with Crippen molar-refractivity contribution in [1.29, 1.82) is 0 Å². The number of rotatable bonds is 9. The van der Waals surface area contributed by atoms with Gasteiger partial charge in [-0.3, -0.25) is 9.59 Å². The molecule has 1 aliphatic rings. The van der Waals surface area contributed by atoms with Crippen molar-refractivity contribution in [2.45, 2.75) is 36.8 Å². The summed E-state index contributed by atoms with van der Waals surface area (Å²) in [4.78, 5) is 37.5. The molecule has 0 spiro atoms. The van der Waals surface area contributed by atoms with Crippen LogP contribution in [0.5, 0.6) is 5.75 Å². The smallest absolute Gasteiger partial charge is 0.340 e. The molecule has 2 amide bonds. The van der Waals surface area contributed by atoms with E-state index in [0.717, 1.165) is 12.8 Å². The number of ether oxygens (including phenoxy) is 2. The number of benzene rings is 2. The standard InChI is InChI=1S/C22H24N2O5S/c1-14(21(26)24-15-10-11-15)29-22(27)18-8-3-4-9-19(18)30-13-20(25)23-16-6-5-7-17(12-16)28-2/h3-9,12,14-15H,10-11,13H2,1-2H3,(H,23,25)(H,24,26). The van der Waals surface area contributed by atoms with Crippen molar-refractivity contribution < 1.29 is 23.9 Å². The minimum absolute atomic E-state index is 0.110. The first-order chi connectivity index (χ1) is 14.5. The average Bonchev–Trinajstić information content (AvgIpc) is 3.56. The molecule has 1 atom stereocenters. The van der Waals surface area contributed by atoms with Crippen LogP contribution in [0, 0.1) is 0 Å². The third-order valence-electron chi connectivity index (χ3n) is 4.40. The summed E-state index contributed by atoms with van der Waals surface area (Å²) in [6.07, 6.45) is 1.04. The van der Waals surface area contributed by atoms with E-state index < -0.39 is 12.1 Å². The molecule has 3 rings (SSSR count). The van der Waals surface area contributed by atoms with Crippen LogP contribution in [0.2, 0.25) is 0 Å². The SMILES string of the molecule is COc1cccc(NC(=O)CSc2ccccc2C(=O)OC(C)C(=O)NC2CC2)c1. The predicted octanol–water partition coefficient (Wildman–Crippen LogP) is 3.25. The molecule has 158 valence electrons. The third-order valence-corrected chi connectivity index (χ3v) is 5.47. The summed E-state index contributed by atoms with van der Waals surface area (Å²) in [6, 6.07) is 14.1. The fraction of sp³-hybridized carbons (Fsp3) is 0.318. The van der Waals surface area contributed by atoms with Crippen molar-refractivity contribution in [3.8, 4) is 5.75 Å². The van der Waals surface area contributed by atoms with Crippen LogP contribution in [0.3, 0.4) is 0 Å². The van der Waals surface area contributed by atoms with E-state index in [2.05, 4.69) is 10.6 Å². The summed E-state index contributed by atoms with van der Waals surface area (Å²) in [5.74, 6) is -0.348. The van der Waals surface area contributed by atoms with E-state index in [9.17, 15) is 14.4 Å². The van der Waals surface area contributed by atoms with Crippen LogP contribution in [0.4, 0.5) is 5.69 Å². The van der Waals surface area contributed by atoms with E-state index in [1.165, 1.54) is 11.8 Å². The highest BCUT2D eigenvalue weighted by molar-refractivity contribution is 8.00. The van der Waals surface area contributed by atoms with Gasteiger partial charge in [0.2, 0.25) is 5.91 Å². The summed E-state index contributed by atoms with van der Waals surface area (Å²) in [5.41, 5.74) is 0.950. The van der Waals surface area contributed by atoms with E-state index in [4.69, 9.17) is 9.47 Å². The van der Waals surface area contributed by atoms with Gasteiger partial charge in [0.05, 0.1) is 18.4 Å². The zero-order chi connectivity index (χ0) is 21.5. The highest BCUT2D eigenvalue weighted by atomic mass is 32.2. The molecule has 0 aromatic heterocycles. The fourth-order valence-corrected chi connectivity index (χ4v) is 3.47. The first-order valence-electron chi connectivity index (χ1n) is 9.63. The number of esters is 1. The second kappa shape index (κ2) is 10.2. The summed E-state index contributed by atoms with van der Waals surface area (Å²) in [5, 5.41) is 5.61. The van der Waals surface area contributed by atoms with Gasteiger partial charge in [0.25, 0.3) is 5.91 Å². The van der Waals surface area contributed by atoms with Crippen LogP contribution in [0.1, 0.15) is 30.1 Å². The van der Waals surface area contributed by atoms with Gasteiger partial charge in [-0.25, -0.2) is 4.79 Å². The average molecular weight is 429 g/mol. The Morgan fingerprint density at radius 2 is 1.90 bits per heavy atom. The lowest BCUT2D eigenvalue weighted by atomic mass is 10.2. The highest BCUT2D eigenvalue weighted by Gasteiger charge is 2.27. The third kappa shape index (κ3) is 6.25. The van der Waals surface area contributed by atoms with Gasteiger partial charge in [0, 0.05) is 22.7 Å². The Kier molecular flexibility index (Phi) is 7.35. The Balaban J connectivity index is 1.56. The molecule has 1 unspecified atom stereocenters. The molecular formula is C22H24N2O5S. The Morgan fingerprint density at radius 3 is 2.63 bits per heavy atom. The van der Waals surface area contributed by atoms with Crippen molar-refractivity contribution in [3.05, 3.63) is 54.1 Å². The van der Waals surface area contributed by atoms with Gasteiger partial charge in [0.15, 0.2) is 6.10 Å². The lowest BCUT2D eigenvalue weighted by Gasteiger charge is -2.14. The molecule has 2 aromatic carbocycles. The number of carbonyl (C=O) groups excluding carboxylic acids is 3. The van der Waals surface area contributed by atoms with Crippen LogP contribution in [0.15, 0.2) is 53.4 Å². The highest BCUT2D eigenvalue weighted by Crippen LogP contribution is 2.25. The maximum absolute atomic E-state index is 12.6. The van der Waals surface area contributed by atoms with Crippen molar-refractivity contribution in [2.24, 2.45) is 0 Å². The van der Waals surface area contributed by atoms with Crippen molar-refractivity contribution in [3.63, 3.8) is 0 Å². The maximum Gasteiger partial charge on any atom is 0.340 e. The number of anilines is 1. The number of hydrogen-bond donors (Lipinski definition) is 2. The lowest BCUT2D eigenvalue weighted by Crippen LogP contribution is -2.37. The number of nitrogens with one attached hydrogen (secondary N) is 2. The molecule has 2 N–H and O–H groups in total. The Morgan fingerprint density at radius 1 is 1.13 bits per heavy atom. The van der Waals surface area contributed by atoms with Crippen molar-refractivity contribution >= 4 is 35.2 Å². The topological polar surface area (TPSA) is 93.7 Å². The Labute approximate surface area is 179 Å². The van der Waals surface area contributed by atoms with Gasteiger partial charge in [-0.15, -0.1) is 11.8 Å². The summed E-state index contributed by atoms with van der Waals surface area (Å²) in [7, 11) is 1.56. The maximum atomic E-state index is 12.6. The van der Waals surface area contributed by atoms with Crippen LogP contribution in [-0.4, -0.2) is 42.8 Å². The molecule has 0 radical (unpaired) electrons. The molecular weight excluding hydrogens is 404 g/mol. The first kappa shape index (κ1) is 21.7. The molecule has 7 nitrogen and oxygen atoms in total. The minimum Gasteiger partial charge on any atom is -0.497 e. The quantitative estimate of drug-likeness (QED) is 0.470. The second-order valence-electron chi connectivity index (χ2n) is 6.90. The summed E-state index contributed by atoms with van der Waals surface area (Å²) >= 11 is 1.22. The van der Waals surface area contributed by atoms with E-state index >= 15 is 0 Å². The van der Waals surface area contributed by atoms with Crippen LogP contribution >= 0.6 is 11.8 Å². The molecule has 0 bridgehead atoms. The van der Waals surface area contributed by atoms with Crippen molar-refractivity contribution in [1.82, 2.24) is 5.32 Å². The van der Waals surface area contributed by atoms with Gasteiger partial charge in [-0.1, -0.05) is 18.2 Å². The van der Waals surface area contributed by atoms with Gasteiger partial charge in [-0.05, 0) is 44.0 Å². The van der Waals surface area contributed by atoms with Crippen molar-refractivity contribution in [2.75, 3.05) is 18.2 Å². The van der Waals surface area contributed by atoms with E-state index in [1.807, 2.05) is 0 Å². The molecule has 8 heteroatoms. The summed E-state index contributed by atoms with van der Waals surface area (Å²) in [6.45, 7) is 1.55. The van der Waals surface area contributed by atoms with E-state index in [0.29, 0.717) is 21.9 Å². The molecule has 1 saturated carbocycles. The normalized spacial score (nSPS) is 13.8. The van der Waals surface area contributed by atoms with Gasteiger partial charge < -0.3 is 20.1 Å². The van der Waals surface area contributed by atoms with Crippen LogP contribution < -0.4 is 15.4 Å². The zero-order valence-electron chi connectivity index (χ0n) is 16.8. The molecule has 1 aliphatic carbocycles. The van der Waals surface area contributed by atoms with Gasteiger partial charge in [-0.2, -0.15) is 0 Å². The second-order valence-corrected chi connectivity index (χ2v) is 7.91. The number of carbonyl (C=O) groups is 3. The number of amides is 2. The lowest BCUT2D eigenvalue weighted by molar-refractivity contribution is -0.129. The number of hydrogen-bond acceptors (Lipinski definition) is 6. The van der Waals surface area contributed by atoms with Crippen LogP contribution in [0.25, 0.3) is 0 Å². The van der Waals surface area contributed by atoms with E-state index in [-0.39, 0.29) is 23.6 Å². The Bertz CT molecular complexity index is 929. The predicted molar refractivity (Wildman–Crippen MR) is 115 cm³/mol. The molecule has 0 heterocycles. The molecule has 0 saturated heterocycles. The minimum atomic E-state index is -0.882.